The second-order valence-corrected chi connectivity index (χ2v) is 8.57. The van der Waals surface area contributed by atoms with Gasteiger partial charge in [0.25, 0.3) is 0 Å². The fourth-order valence-corrected chi connectivity index (χ4v) is 4.66. The van der Waals surface area contributed by atoms with Gasteiger partial charge in [0.15, 0.2) is 23.0 Å². The van der Waals surface area contributed by atoms with E-state index in [2.05, 4.69) is 42.7 Å². The number of rotatable bonds is 15. The predicted molar refractivity (Wildman–Crippen MR) is 162 cm³/mol. The molecule has 0 spiro atoms. The number of nitrogens with two attached hydrogens (primary N) is 1. The van der Waals surface area contributed by atoms with Gasteiger partial charge >= 0.3 is 0 Å². The van der Waals surface area contributed by atoms with Gasteiger partial charge in [0.05, 0.1) is 28.4 Å². The average Bonchev–Trinajstić information content (AvgIpc) is 2.92. The molecule has 0 aliphatic carbocycles. The molecule has 2 rings (SSSR count). The lowest BCUT2D eigenvalue weighted by molar-refractivity contribution is 0.286. The van der Waals surface area contributed by atoms with Gasteiger partial charge in [0.1, 0.15) is 0 Å². The SMILES string of the molecule is CCc1c(CCN(CCC#CCCN)CCc2ccc(OC)c(OC)c2CC)ccc(OC)c1OC.Cl.Cl. The summed E-state index contributed by atoms with van der Waals surface area (Å²) in [6.45, 7) is 7.73. The van der Waals surface area contributed by atoms with Crippen LogP contribution in [-0.2, 0) is 25.7 Å². The van der Waals surface area contributed by atoms with Crippen molar-refractivity contribution in [3.05, 3.63) is 46.5 Å². The van der Waals surface area contributed by atoms with Crippen molar-refractivity contribution in [1.29, 1.82) is 0 Å². The highest BCUT2D eigenvalue weighted by Crippen LogP contribution is 2.35. The lowest BCUT2D eigenvalue weighted by Gasteiger charge is -2.24. The molecule has 0 aliphatic rings. The highest BCUT2D eigenvalue weighted by molar-refractivity contribution is 5.85. The summed E-state index contributed by atoms with van der Waals surface area (Å²) in [7, 11) is 6.79. The smallest absolute Gasteiger partial charge is 0.164 e. The van der Waals surface area contributed by atoms with Crippen molar-refractivity contribution in [2.24, 2.45) is 5.73 Å². The van der Waals surface area contributed by atoms with Gasteiger partial charge in [-0.05, 0) is 48.9 Å². The van der Waals surface area contributed by atoms with E-state index in [1.165, 1.54) is 22.3 Å². The Kier molecular flexibility index (Phi) is 18.5. The van der Waals surface area contributed by atoms with Gasteiger partial charge in [-0.3, -0.25) is 0 Å². The maximum atomic E-state index is 5.69. The molecule has 2 N–H and O–H groups in total. The molecule has 214 valence electrons. The number of ether oxygens (including phenoxy) is 4. The number of halogens is 2. The Hall–Kier alpha value is -2.30. The first kappa shape index (κ1) is 35.7. The van der Waals surface area contributed by atoms with Crippen LogP contribution in [-0.4, -0.2) is 59.5 Å². The van der Waals surface area contributed by atoms with E-state index in [0.29, 0.717) is 6.54 Å². The standard InChI is InChI=1S/C30H44N2O4.2ClH/c1-7-25-23(13-15-27(33-3)29(25)35-5)17-21-32(20-12-10-9-11-19-31)22-18-24-14-16-28(34-4)30(36-6)26(24)8-2;;/h13-16H,7-8,11-12,17-22,31H2,1-6H3;2*1H. The van der Waals surface area contributed by atoms with E-state index >= 15 is 0 Å². The minimum Gasteiger partial charge on any atom is -0.493 e. The van der Waals surface area contributed by atoms with Gasteiger partial charge in [-0.25, -0.2) is 0 Å². The van der Waals surface area contributed by atoms with E-state index in [9.17, 15) is 0 Å². The predicted octanol–water partition coefficient (Wildman–Crippen LogP) is 5.52. The first-order valence-electron chi connectivity index (χ1n) is 12.9. The molecule has 0 aromatic heterocycles. The molecule has 0 amide bonds. The summed E-state index contributed by atoms with van der Waals surface area (Å²) in [5, 5.41) is 0. The molecule has 38 heavy (non-hydrogen) atoms. The molecule has 2 aromatic rings. The minimum absolute atomic E-state index is 0. The van der Waals surface area contributed by atoms with Crippen LogP contribution in [0, 0.1) is 11.8 Å². The number of hydrogen-bond donors (Lipinski definition) is 1. The highest BCUT2D eigenvalue weighted by atomic mass is 35.5. The van der Waals surface area contributed by atoms with E-state index in [0.717, 1.165) is 81.2 Å². The number of methoxy groups -OCH3 is 4. The summed E-state index contributed by atoms with van der Waals surface area (Å²) in [6, 6.07) is 8.35. The third-order valence-electron chi connectivity index (χ3n) is 6.54. The van der Waals surface area contributed by atoms with Crippen molar-refractivity contribution in [2.45, 2.75) is 52.4 Å². The quantitative estimate of drug-likeness (QED) is 0.285. The van der Waals surface area contributed by atoms with Crippen molar-refractivity contribution in [2.75, 3.05) is 54.6 Å². The Morgan fingerprint density at radius 1 is 0.658 bits per heavy atom. The zero-order valence-corrected chi connectivity index (χ0v) is 25.5. The molecule has 2 aromatic carbocycles. The van der Waals surface area contributed by atoms with Crippen molar-refractivity contribution in [3.8, 4) is 34.8 Å². The second kappa shape index (κ2) is 19.7. The summed E-state index contributed by atoms with van der Waals surface area (Å²) < 4.78 is 22.4. The normalized spacial score (nSPS) is 10.1. The van der Waals surface area contributed by atoms with Crippen LogP contribution in [0.2, 0.25) is 0 Å². The molecule has 0 saturated heterocycles. The third kappa shape index (κ3) is 9.78. The van der Waals surface area contributed by atoms with E-state index in [1.54, 1.807) is 28.4 Å². The summed E-state index contributed by atoms with van der Waals surface area (Å²) in [6.07, 6.45) is 5.24. The van der Waals surface area contributed by atoms with Gasteiger partial charge < -0.3 is 29.6 Å². The second-order valence-electron chi connectivity index (χ2n) is 8.57. The van der Waals surface area contributed by atoms with Crippen molar-refractivity contribution in [3.63, 3.8) is 0 Å². The van der Waals surface area contributed by atoms with Crippen LogP contribution in [0.15, 0.2) is 24.3 Å². The van der Waals surface area contributed by atoms with E-state index in [-0.39, 0.29) is 24.8 Å². The summed E-state index contributed by atoms with van der Waals surface area (Å²) >= 11 is 0. The molecule has 8 heteroatoms. The van der Waals surface area contributed by atoms with Crippen molar-refractivity contribution in [1.82, 2.24) is 4.90 Å². The van der Waals surface area contributed by atoms with E-state index in [4.69, 9.17) is 24.7 Å². The van der Waals surface area contributed by atoms with Gasteiger partial charge in [0.2, 0.25) is 0 Å². The molecule has 0 atom stereocenters. The maximum absolute atomic E-state index is 5.69. The Morgan fingerprint density at radius 2 is 1.11 bits per heavy atom. The molecular weight excluding hydrogens is 523 g/mol. The lowest BCUT2D eigenvalue weighted by atomic mass is 9.99. The first-order valence-corrected chi connectivity index (χ1v) is 12.9. The summed E-state index contributed by atoms with van der Waals surface area (Å²) in [5.41, 5.74) is 10.6. The average molecular weight is 570 g/mol. The molecular formula is C30H46Cl2N2O4. The van der Waals surface area contributed by atoms with Crippen molar-refractivity contribution < 1.29 is 18.9 Å². The zero-order valence-electron chi connectivity index (χ0n) is 23.9. The highest BCUT2D eigenvalue weighted by Gasteiger charge is 2.17. The minimum atomic E-state index is 0. The fraction of sp³-hybridized carbons (Fsp3) is 0.533. The topological polar surface area (TPSA) is 66.2 Å². The van der Waals surface area contributed by atoms with Crippen LogP contribution in [0.4, 0.5) is 0 Å². The molecule has 6 nitrogen and oxygen atoms in total. The summed E-state index contributed by atoms with van der Waals surface area (Å²) in [5.74, 6) is 9.70. The van der Waals surface area contributed by atoms with Gasteiger partial charge in [-0.1, -0.05) is 26.0 Å². The Morgan fingerprint density at radius 3 is 1.47 bits per heavy atom. The van der Waals surface area contributed by atoms with Crippen LogP contribution in [0.5, 0.6) is 23.0 Å². The van der Waals surface area contributed by atoms with Gasteiger partial charge in [-0.15, -0.1) is 36.7 Å². The molecule has 0 saturated carbocycles. The zero-order chi connectivity index (χ0) is 26.3. The monoisotopic (exact) mass is 568 g/mol. The molecule has 0 heterocycles. The van der Waals surface area contributed by atoms with Crippen LogP contribution < -0.4 is 24.7 Å². The Balaban J connectivity index is 0.00000684. The van der Waals surface area contributed by atoms with E-state index < -0.39 is 0 Å². The number of benzene rings is 2. The number of hydrogen-bond acceptors (Lipinski definition) is 6. The first-order chi connectivity index (χ1) is 17.6. The molecule has 0 unspecified atom stereocenters. The van der Waals surface area contributed by atoms with Crippen LogP contribution in [0.25, 0.3) is 0 Å². The fourth-order valence-electron chi connectivity index (χ4n) is 4.66. The van der Waals surface area contributed by atoms with Gasteiger partial charge in [0, 0.05) is 50.1 Å². The van der Waals surface area contributed by atoms with Crippen LogP contribution in [0.1, 0.15) is 48.9 Å². The largest absolute Gasteiger partial charge is 0.493 e. The molecule has 0 radical (unpaired) electrons. The lowest BCUT2D eigenvalue weighted by Crippen LogP contribution is -2.30. The third-order valence-corrected chi connectivity index (χ3v) is 6.54. The van der Waals surface area contributed by atoms with Crippen LogP contribution >= 0.6 is 24.8 Å². The molecule has 0 bridgehead atoms. The number of nitrogens with zero attached hydrogens (tertiary/aromatic N) is 1. The van der Waals surface area contributed by atoms with Gasteiger partial charge in [-0.2, -0.15) is 0 Å². The van der Waals surface area contributed by atoms with Crippen molar-refractivity contribution >= 4 is 24.8 Å². The Bertz CT molecular complexity index is 954. The Labute approximate surface area is 242 Å². The maximum Gasteiger partial charge on any atom is 0.164 e. The molecule has 0 aliphatic heterocycles. The molecule has 0 fully saturated rings. The van der Waals surface area contributed by atoms with E-state index in [1.807, 2.05) is 12.1 Å². The summed E-state index contributed by atoms with van der Waals surface area (Å²) in [4.78, 5) is 2.50. The van der Waals surface area contributed by atoms with Crippen LogP contribution in [0.3, 0.4) is 0 Å².